The molecule has 0 aliphatic carbocycles. The molecular formula is C10H13ClN4. The summed E-state index contributed by atoms with van der Waals surface area (Å²) in [5.41, 5.74) is 0.708. The molecule has 0 saturated carbocycles. The van der Waals surface area contributed by atoms with Crippen LogP contribution in [0.1, 0.15) is 12.0 Å². The quantitative estimate of drug-likeness (QED) is 0.725. The van der Waals surface area contributed by atoms with E-state index in [1.807, 2.05) is 0 Å². The van der Waals surface area contributed by atoms with Crippen LogP contribution in [0.15, 0.2) is 12.4 Å². The topological polar surface area (TPSA) is 49.8 Å². The van der Waals surface area contributed by atoms with Crippen molar-refractivity contribution in [3.8, 4) is 12.3 Å². The van der Waals surface area contributed by atoms with Gasteiger partial charge in [0.1, 0.15) is 0 Å². The Bertz CT molecular complexity index is 337. The van der Waals surface area contributed by atoms with Gasteiger partial charge in [0.15, 0.2) is 0 Å². The van der Waals surface area contributed by atoms with Crippen molar-refractivity contribution in [3.63, 3.8) is 0 Å². The molecular weight excluding hydrogens is 212 g/mol. The molecule has 2 heterocycles. The monoisotopic (exact) mass is 224 g/mol. The van der Waals surface area contributed by atoms with Crippen LogP contribution >= 0.6 is 12.4 Å². The minimum Gasteiger partial charge on any atom is -0.350 e. The molecule has 1 aliphatic heterocycles. The van der Waals surface area contributed by atoms with Gasteiger partial charge in [-0.1, -0.05) is 5.92 Å². The van der Waals surface area contributed by atoms with Crippen LogP contribution in [-0.2, 0) is 0 Å². The van der Waals surface area contributed by atoms with Crippen molar-refractivity contribution < 1.29 is 0 Å². The van der Waals surface area contributed by atoms with E-state index in [1.54, 1.807) is 12.4 Å². The summed E-state index contributed by atoms with van der Waals surface area (Å²) in [6, 6.07) is 0.437. The van der Waals surface area contributed by atoms with E-state index >= 15 is 0 Å². The van der Waals surface area contributed by atoms with Gasteiger partial charge in [0.25, 0.3) is 0 Å². The molecule has 5 heteroatoms. The van der Waals surface area contributed by atoms with Gasteiger partial charge in [0.2, 0.25) is 5.95 Å². The lowest BCUT2D eigenvalue weighted by atomic mass is 10.3. The standard InChI is InChI=1S/C10H12N4.ClH/c1-2-8-5-12-10(13-6-8)14-9-3-4-11-7-9;/h1,5-6,9,11H,3-4,7H2,(H,12,13,14);1H/t9-;/m1./s1. The maximum absolute atomic E-state index is 5.20. The summed E-state index contributed by atoms with van der Waals surface area (Å²) in [4.78, 5) is 8.24. The number of hydrogen-bond donors (Lipinski definition) is 2. The molecule has 1 atom stereocenters. The summed E-state index contributed by atoms with van der Waals surface area (Å²) in [5.74, 6) is 3.13. The van der Waals surface area contributed by atoms with E-state index in [1.165, 1.54) is 0 Å². The fraction of sp³-hybridized carbons (Fsp3) is 0.400. The van der Waals surface area contributed by atoms with Gasteiger partial charge >= 0.3 is 0 Å². The molecule has 2 N–H and O–H groups in total. The van der Waals surface area contributed by atoms with Crippen LogP contribution in [0.2, 0.25) is 0 Å². The molecule has 0 aromatic carbocycles. The van der Waals surface area contributed by atoms with Gasteiger partial charge in [-0.25, -0.2) is 9.97 Å². The largest absolute Gasteiger partial charge is 0.350 e. The number of anilines is 1. The van der Waals surface area contributed by atoms with Crippen LogP contribution in [0.5, 0.6) is 0 Å². The Morgan fingerprint density at radius 1 is 1.47 bits per heavy atom. The third-order valence-electron chi connectivity index (χ3n) is 2.21. The second kappa shape index (κ2) is 5.54. The summed E-state index contributed by atoms with van der Waals surface area (Å²) in [6.45, 7) is 2.03. The zero-order chi connectivity index (χ0) is 9.80. The molecule has 1 aromatic heterocycles. The van der Waals surface area contributed by atoms with Gasteiger partial charge in [-0.2, -0.15) is 0 Å². The van der Waals surface area contributed by atoms with Gasteiger partial charge in [-0.3, -0.25) is 0 Å². The number of nitrogens with one attached hydrogen (secondary N) is 2. The predicted octanol–water partition coefficient (Wildman–Crippen LogP) is 0.653. The van der Waals surface area contributed by atoms with Crippen molar-refractivity contribution in [2.75, 3.05) is 18.4 Å². The van der Waals surface area contributed by atoms with Gasteiger partial charge in [0.05, 0.1) is 5.56 Å². The minimum absolute atomic E-state index is 0. The fourth-order valence-electron chi connectivity index (χ4n) is 1.44. The zero-order valence-corrected chi connectivity index (χ0v) is 9.05. The lowest BCUT2D eigenvalue weighted by Crippen LogP contribution is -2.23. The Morgan fingerprint density at radius 2 is 2.20 bits per heavy atom. The van der Waals surface area contributed by atoms with Gasteiger partial charge in [-0.05, 0) is 13.0 Å². The number of terminal acetylenes is 1. The Morgan fingerprint density at radius 3 is 2.73 bits per heavy atom. The van der Waals surface area contributed by atoms with E-state index in [-0.39, 0.29) is 12.4 Å². The Balaban J connectivity index is 0.00000112. The van der Waals surface area contributed by atoms with E-state index in [2.05, 4.69) is 26.5 Å². The first-order valence-corrected chi connectivity index (χ1v) is 4.64. The molecule has 1 aromatic rings. The lowest BCUT2D eigenvalue weighted by molar-refractivity contribution is 0.780. The Kier molecular flexibility index (Phi) is 4.35. The average Bonchev–Trinajstić information content (AvgIpc) is 2.72. The summed E-state index contributed by atoms with van der Waals surface area (Å²) < 4.78 is 0. The molecule has 1 aliphatic rings. The van der Waals surface area contributed by atoms with Crippen LogP contribution in [0, 0.1) is 12.3 Å². The Hall–Kier alpha value is -1.31. The molecule has 1 saturated heterocycles. The highest BCUT2D eigenvalue weighted by molar-refractivity contribution is 5.85. The van der Waals surface area contributed by atoms with Crippen LogP contribution in [0.4, 0.5) is 5.95 Å². The molecule has 2 rings (SSSR count). The SMILES string of the molecule is C#Cc1cnc(N[C@@H]2CCNC2)nc1.Cl. The van der Waals surface area contributed by atoms with Crippen molar-refractivity contribution in [2.45, 2.75) is 12.5 Å². The van der Waals surface area contributed by atoms with E-state index in [9.17, 15) is 0 Å². The molecule has 0 unspecified atom stereocenters. The molecule has 15 heavy (non-hydrogen) atoms. The third-order valence-corrected chi connectivity index (χ3v) is 2.21. The molecule has 0 bridgehead atoms. The Labute approximate surface area is 95.3 Å². The summed E-state index contributed by atoms with van der Waals surface area (Å²) in [5, 5.41) is 6.50. The molecule has 0 radical (unpaired) electrons. The molecule has 4 nitrogen and oxygen atoms in total. The summed E-state index contributed by atoms with van der Waals surface area (Å²) in [7, 11) is 0. The van der Waals surface area contributed by atoms with Crippen molar-refractivity contribution >= 4 is 18.4 Å². The maximum atomic E-state index is 5.20. The van der Waals surface area contributed by atoms with Crippen molar-refractivity contribution in [3.05, 3.63) is 18.0 Å². The number of halogens is 1. The van der Waals surface area contributed by atoms with E-state index in [4.69, 9.17) is 6.42 Å². The first-order chi connectivity index (χ1) is 6.88. The van der Waals surface area contributed by atoms with Gasteiger partial charge in [-0.15, -0.1) is 18.8 Å². The normalized spacial score (nSPS) is 19.0. The average molecular weight is 225 g/mol. The molecule has 0 spiro atoms. The van der Waals surface area contributed by atoms with Gasteiger partial charge in [0, 0.05) is 25.0 Å². The number of hydrogen-bond acceptors (Lipinski definition) is 4. The number of rotatable bonds is 2. The smallest absolute Gasteiger partial charge is 0.222 e. The van der Waals surface area contributed by atoms with Crippen molar-refractivity contribution in [1.29, 1.82) is 0 Å². The predicted molar refractivity (Wildman–Crippen MR) is 62.1 cm³/mol. The highest BCUT2D eigenvalue weighted by atomic mass is 35.5. The summed E-state index contributed by atoms with van der Waals surface area (Å²) >= 11 is 0. The number of aromatic nitrogens is 2. The third kappa shape index (κ3) is 3.08. The van der Waals surface area contributed by atoms with Crippen LogP contribution in [0.25, 0.3) is 0 Å². The highest BCUT2D eigenvalue weighted by Gasteiger charge is 2.14. The number of nitrogens with zero attached hydrogens (tertiary/aromatic N) is 2. The molecule has 0 amide bonds. The first-order valence-electron chi connectivity index (χ1n) is 4.64. The maximum Gasteiger partial charge on any atom is 0.222 e. The van der Waals surface area contributed by atoms with E-state index in [0.29, 0.717) is 17.6 Å². The van der Waals surface area contributed by atoms with Crippen LogP contribution in [0.3, 0.4) is 0 Å². The molecule has 80 valence electrons. The first kappa shape index (κ1) is 11.8. The van der Waals surface area contributed by atoms with Crippen LogP contribution in [-0.4, -0.2) is 29.1 Å². The van der Waals surface area contributed by atoms with E-state index in [0.717, 1.165) is 19.5 Å². The second-order valence-electron chi connectivity index (χ2n) is 3.27. The molecule has 1 fully saturated rings. The second-order valence-corrected chi connectivity index (χ2v) is 3.27. The van der Waals surface area contributed by atoms with Crippen molar-refractivity contribution in [1.82, 2.24) is 15.3 Å². The lowest BCUT2D eigenvalue weighted by Gasteiger charge is -2.10. The van der Waals surface area contributed by atoms with Crippen molar-refractivity contribution in [2.24, 2.45) is 0 Å². The zero-order valence-electron chi connectivity index (χ0n) is 8.23. The van der Waals surface area contributed by atoms with Crippen LogP contribution < -0.4 is 10.6 Å². The summed E-state index contributed by atoms with van der Waals surface area (Å²) in [6.07, 6.45) is 9.62. The highest BCUT2D eigenvalue weighted by Crippen LogP contribution is 2.05. The fourth-order valence-corrected chi connectivity index (χ4v) is 1.44. The van der Waals surface area contributed by atoms with Gasteiger partial charge < -0.3 is 10.6 Å². The van der Waals surface area contributed by atoms with E-state index < -0.39 is 0 Å². The minimum atomic E-state index is 0.